The Morgan fingerprint density at radius 2 is 2.08 bits per heavy atom. The molecule has 0 saturated heterocycles. The minimum atomic E-state index is -0.318. The van der Waals surface area contributed by atoms with Gasteiger partial charge in [0.1, 0.15) is 23.1 Å². The maximum atomic E-state index is 12.2. The molecule has 0 radical (unpaired) electrons. The predicted octanol–water partition coefficient (Wildman–Crippen LogP) is 4.21. The van der Waals surface area contributed by atoms with Crippen molar-refractivity contribution in [3.8, 4) is 17.7 Å². The number of nitrogens with zero attached hydrogens (tertiary/aromatic N) is 2. The van der Waals surface area contributed by atoms with Crippen molar-refractivity contribution in [2.75, 3.05) is 5.32 Å². The Morgan fingerprint density at radius 3 is 2.76 bits per heavy atom. The summed E-state index contributed by atoms with van der Waals surface area (Å²) < 4.78 is 11.0. The number of anilines is 1. The molecule has 1 aromatic carbocycles. The van der Waals surface area contributed by atoms with Crippen molar-refractivity contribution in [2.45, 2.75) is 13.8 Å². The Labute approximate surface area is 144 Å². The Balaban J connectivity index is 1.77. The number of hydrogen-bond donors (Lipinski definition) is 1. The van der Waals surface area contributed by atoms with Crippen LogP contribution in [0.1, 0.15) is 27.4 Å². The van der Waals surface area contributed by atoms with E-state index in [2.05, 4.69) is 10.3 Å². The number of carbonyl (C=O) groups is 1. The van der Waals surface area contributed by atoms with Gasteiger partial charge in [0.2, 0.25) is 5.88 Å². The first kappa shape index (κ1) is 16.3. The average molecular weight is 333 g/mol. The van der Waals surface area contributed by atoms with Crippen LogP contribution >= 0.6 is 0 Å². The van der Waals surface area contributed by atoms with Crippen LogP contribution in [0.2, 0.25) is 0 Å². The number of aromatic nitrogens is 1. The topological polar surface area (TPSA) is 88.1 Å². The van der Waals surface area contributed by atoms with Crippen LogP contribution in [0.15, 0.2) is 53.1 Å². The van der Waals surface area contributed by atoms with E-state index in [-0.39, 0.29) is 17.5 Å². The molecule has 2 aromatic heterocycles. The van der Waals surface area contributed by atoms with E-state index < -0.39 is 0 Å². The molecule has 0 bridgehead atoms. The second kappa shape index (κ2) is 6.89. The van der Waals surface area contributed by atoms with Gasteiger partial charge in [0.15, 0.2) is 5.76 Å². The first-order chi connectivity index (χ1) is 12.1. The third-order valence-corrected chi connectivity index (χ3v) is 3.52. The fourth-order valence-electron chi connectivity index (χ4n) is 2.25. The number of carbonyl (C=O) groups excluding carboxylic acids is 1. The molecule has 3 aromatic rings. The number of ether oxygens (including phenoxy) is 1. The van der Waals surface area contributed by atoms with Gasteiger partial charge in [0.05, 0.1) is 0 Å². The summed E-state index contributed by atoms with van der Waals surface area (Å²) in [5.74, 6) is 1.38. The van der Waals surface area contributed by atoms with E-state index in [0.717, 1.165) is 5.56 Å². The van der Waals surface area contributed by atoms with Crippen molar-refractivity contribution >= 4 is 11.6 Å². The normalized spacial score (nSPS) is 10.1. The van der Waals surface area contributed by atoms with Crippen molar-refractivity contribution < 1.29 is 13.9 Å². The molecular weight excluding hydrogens is 318 g/mol. The van der Waals surface area contributed by atoms with Gasteiger partial charge < -0.3 is 14.5 Å². The summed E-state index contributed by atoms with van der Waals surface area (Å²) >= 11 is 0. The first-order valence-electron chi connectivity index (χ1n) is 7.58. The van der Waals surface area contributed by atoms with Gasteiger partial charge in [-0.05, 0) is 61.9 Å². The van der Waals surface area contributed by atoms with Gasteiger partial charge in [-0.25, -0.2) is 4.98 Å². The summed E-state index contributed by atoms with van der Waals surface area (Å²) in [6, 6.07) is 13.9. The highest BCUT2D eigenvalue weighted by molar-refractivity contribution is 6.02. The van der Waals surface area contributed by atoms with Gasteiger partial charge >= 0.3 is 0 Å². The van der Waals surface area contributed by atoms with Crippen molar-refractivity contribution in [3.63, 3.8) is 0 Å². The fourth-order valence-corrected chi connectivity index (χ4v) is 2.25. The van der Waals surface area contributed by atoms with E-state index in [0.29, 0.717) is 22.8 Å². The minimum absolute atomic E-state index is 0.243. The van der Waals surface area contributed by atoms with Crippen LogP contribution in [0, 0.1) is 25.2 Å². The lowest BCUT2D eigenvalue weighted by Crippen LogP contribution is -2.11. The molecule has 3 rings (SSSR count). The molecule has 6 heteroatoms. The van der Waals surface area contributed by atoms with Crippen LogP contribution in [0.25, 0.3) is 0 Å². The summed E-state index contributed by atoms with van der Waals surface area (Å²) in [7, 11) is 0. The van der Waals surface area contributed by atoms with Crippen LogP contribution in [-0.4, -0.2) is 10.9 Å². The molecular formula is C19H15N3O3. The number of furan rings is 1. The number of rotatable bonds is 4. The van der Waals surface area contributed by atoms with Crippen LogP contribution in [0.4, 0.5) is 5.69 Å². The van der Waals surface area contributed by atoms with Gasteiger partial charge in [-0.3, -0.25) is 4.79 Å². The van der Waals surface area contributed by atoms with Crippen LogP contribution in [0.3, 0.4) is 0 Å². The van der Waals surface area contributed by atoms with Crippen molar-refractivity contribution in [1.29, 1.82) is 5.26 Å². The van der Waals surface area contributed by atoms with Crippen LogP contribution in [0.5, 0.6) is 11.6 Å². The van der Waals surface area contributed by atoms with E-state index in [4.69, 9.17) is 14.4 Å². The first-order valence-corrected chi connectivity index (χ1v) is 7.58. The largest absolute Gasteiger partial charge is 0.456 e. The maximum absolute atomic E-state index is 12.2. The third kappa shape index (κ3) is 3.67. The average Bonchev–Trinajstić information content (AvgIpc) is 3.04. The molecule has 0 fully saturated rings. The summed E-state index contributed by atoms with van der Waals surface area (Å²) in [4.78, 5) is 16.2. The summed E-state index contributed by atoms with van der Waals surface area (Å²) in [6.07, 6.45) is 1.56. The number of nitrogens with one attached hydrogen (secondary N) is 1. The van der Waals surface area contributed by atoms with Gasteiger partial charge in [0.25, 0.3) is 5.91 Å². The molecule has 0 atom stereocenters. The molecule has 6 nitrogen and oxygen atoms in total. The van der Waals surface area contributed by atoms with E-state index in [9.17, 15) is 4.79 Å². The van der Waals surface area contributed by atoms with E-state index >= 15 is 0 Å². The summed E-state index contributed by atoms with van der Waals surface area (Å²) in [6.45, 7) is 3.63. The number of aryl methyl sites for hydroxylation is 2. The highest BCUT2D eigenvalue weighted by Crippen LogP contribution is 2.27. The lowest BCUT2D eigenvalue weighted by Gasteiger charge is -2.10. The zero-order valence-electron chi connectivity index (χ0n) is 13.7. The Kier molecular flexibility index (Phi) is 4.48. The van der Waals surface area contributed by atoms with Crippen LogP contribution in [-0.2, 0) is 0 Å². The van der Waals surface area contributed by atoms with Gasteiger partial charge in [-0.1, -0.05) is 0 Å². The number of hydrogen-bond acceptors (Lipinski definition) is 5. The Hall–Kier alpha value is -3.59. The zero-order valence-corrected chi connectivity index (χ0v) is 13.7. The van der Waals surface area contributed by atoms with Crippen molar-refractivity contribution in [1.82, 2.24) is 4.98 Å². The lowest BCUT2D eigenvalue weighted by molar-refractivity contribution is 0.0995. The number of amides is 1. The van der Waals surface area contributed by atoms with Gasteiger partial charge in [-0.2, -0.15) is 5.26 Å². The minimum Gasteiger partial charge on any atom is -0.456 e. The summed E-state index contributed by atoms with van der Waals surface area (Å²) in [5, 5.41) is 11.9. The molecule has 124 valence electrons. The molecule has 25 heavy (non-hydrogen) atoms. The molecule has 0 aliphatic rings. The van der Waals surface area contributed by atoms with E-state index in [1.165, 1.54) is 0 Å². The maximum Gasteiger partial charge on any atom is 0.291 e. The van der Waals surface area contributed by atoms with Crippen LogP contribution < -0.4 is 10.1 Å². The zero-order chi connectivity index (χ0) is 17.8. The lowest BCUT2D eigenvalue weighted by atomic mass is 10.2. The molecule has 0 spiro atoms. The second-order valence-corrected chi connectivity index (χ2v) is 5.41. The molecule has 2 heterocycles. The summed E-state index contributed by atoms with van der Waals surface area (Å²) in [5.41, 5.74) is 1.81. The fraction of sp³-hybridized carbons (Fsp3) is 0.105. The van der Waals surface area contributed by atoms with Crippen molar-refractivity contribution in [3.05, 3.63) is 71.3 Å². The van der Waals surface area contributed by atoms with Gasteiger partial charge in [0, 0.05) is 11.9 Å². The Bertz CT molecular complexity index is 970. The molecule has 1 N–H and O–H groups in total. The Morgan fingerprint density at radius 1 is 1.24 bits per heavy atom. The highest BCUT2D eigenvalue weighted by atomic mass is 16.5. The highest BCUT2D eigenvalue weighted by Gasteiger charge is 2.12. The standard InChI is InChI=1S/C19H15N3O3/c1-12-10-15(25-19-14(11-20)4-3-9-21-19)6-7-16(12)22-18(23)17-8-5-13(2)24-17/h3-10H,1-2H3,(H,22,23). The SMILES string of the molecule is Cc1ccc(C(=O)Nc2ccc(Oc3ncccc3C#N)cc2C)o1. The third-order valence-electron chi connectivity index (χ3n) is 3.52. The monoisotopic (exact) mass is 333 g/mol. The second-order valence-electron chi connectivity index (χ2n) is 5.41. The van der Waals surface area contributed by atoms with Crippen molar-refractivity contribution in [2.24, 2.45) is 0 Å². The van der Waals surface area contributed by atoms with E-state index in [1.54, 1.807) is 55.6 Å². The molecule has 0 aliphatic carbocycles. The smallest absolute Gasteiger partial charge is 0.291 e. The number of benzene rings is 1. The predicted molar refractivity (Wildman–Crippen MR) is 91.6 cm³/mol. The molecule has 0 unspecified atom stereocenters. The van der Waals surface area contributed by atoms with Gasteiger partial charge in [-0.15, -0.1) is 0 Å². The quantitative estimate of drug-likeness (QED) is 0.772. The molecule has 0 saturated carbocycles. The molecule has 0 aliphatic heterocycles. The van der Waals surface area contributed by atoms with E-state index in [1.807, 2.05) is 13.0 Å². The molecule has 1 amide bonds. The number of nitriles is 1. The number of pyridine rings is 1.